The molecule has 0 aliphatic heterocycles. The van der Waals surface area contributed by atoms with Gasteiger partial charge >= 0.3 is 5.56 Å². The minimum Gasteiger partial charge on any atom is -0.265 e. The van der Waals surface area contributed by atoms with E-state index in [1.54, 1.807) is 30.5 Å². The van der Waals surface area contributed by atoms with E-state index in [-0.39, 0.29) is 17.0 Å². The average molecular weight is 464 g/mol. The molecule has 3 heterocycles. The van der Waals surface area contributed by atoms with E-state index >= 15 is 0 Å². The maximum absolute atomic E-state index is 13.2. The highest BCUT2D eigenvalue weighted by Crippen LogP contribution is 2.34. The summed E-state index contributed by atoms with van der Waals surface area (Å²) >= 11 is 12.1. The first-order chi connectivity index (χ1) is 15.5. The summed E-state index contributed by atoms with van der Waals surface area (Å²) in [5.74, 6) is -0.515. The lowest BCUT2D eigenvalue weighted by Crippen LogP contribution is -2.22. The van der Waals surface area contributed by atoms with Gasteiger partial charge in [-0.3, -0.25) is 9.78 Å². The second-order valence-electron chi connectivity index (χ2n) is 6.90. The fourth-order valence-corrected chi connectivity index (χ4v) is 3.62. The van der Waals surface area contributed by atoms with Gasteiger partial charge in [-0.1, -0.05) is 47.5 Å². The van der Waals surface area contributed by atoms with Gasteiger partial charge in [0, 0.05) is 21.2 Å². The van der Waals surface area contributed by atoms with Crippen molar-refractivity contribution in [3.05, 3.63) is 99.3 Å². The van der Waals surface area contributed by atoms with Crippen LogP contribution in [0.3, 0.4) is 0 Å². The topological polar surface area (TPSA) is 73.0 Å². The van der Waals surface area contributed by atoms with E-state index in [1.807, 2.05) is 24.3 Å². The van der Waals surface area contributed by atoms with Crippen molar-refractivity contribution in [3.8, 4) is 33.6 Å². The number of aromatic nitrogens is 5. The summed E-state index contributed by atoms with van der Waals surface area (Å²) in [6, 6.07) is 17.0. The first-order valence-electron chi connectivity index (χ1n) is 9.44. The minimum absolute atomic E-state index is 0.0312. The van der Waals surface area contributed by atoms with Gasteiger partial charge < -0.3 is 0 Å². The van der Waals surface area contributed by atoms with Gasteiger partial charge in [0.15, 0.2) is 11.3 Å². The lowest BCUT2D eigenvalue weighted by Gasteiger charge is -2.13. The smallest absolute Gasteiger partial charge is 0.265 e. The summed E-state index contributed by atoms with van der Waals surface area (Å²) in [5.41, 5.74) is 2.93. The Morgan fingerprint density at radius 1 is 0.781 bits per heavy atom. The third-order valence-corrected chi connectivity index (χ3v) is 5.40. The van der Waals surface area contributed by atoms with Crippen molar-refractivity contribution in [2.24, 2.45) is 0 Å². The highest BCUT2D eigenvalue weighted by molar-refractivity contribution is 6.31. The van der Waals surface area contributed by atoms with Gasteiger partial charge in [-0.25, -0.2) is 4.39 Å². The highest BCUT2D eigenvalue weighted by Gasteiger charge is 2.19. The number of hydrogen-bond donors (Lipinski definition) is 0. The Labute approximate surface area is 190 Å². The fraction of sp³-hybridized carbons (Fsp3) is 0. The predicted molar refractivity (Wildman–Crippen MR) is 121 cm³/mol. The average Bonchev–Trinajstić information content (AvgIpc) is 2.81. The molecule has 5 aromatic rings. The molecule has 6 nitrogen and oxygen atoms in total. The van der Waals surface area contributed by atoms with Crippen molar-refractivity contribution >= 4 is 28.8 Å². The molecule has 32 heavy (non-hydrogen) atoms. The van der Waals surface area contributed by atoms with Crippen molar-refractivity contribution in [3.63, 3.8) is 0 Å². The zero-order valence-electron chi connectivity index (χ0n) is 16.2. The van der Waals surface area contributed by atoms with Crippen LogP contribution in [0.2, 0.25) is 10.0 Å². The Morgan fingerprint density at radius 2 is 1.44 bits per heavy atom. The molecule has 2 aromatic carbocycles. The van der Waals surface area contributed by atoms with Crippen molar-refractivity contribution in [2.75, 3.05) is 0 Å². The molecule has 0 saturated carbocycles. The van der Waals surface area contributed by atoms with Crippen LogP contribution in [0.4, 0.5) is 4.39 Å². The van der Waals surface area contributed by atoms with E-state index in [0.717, 1.165) is 27.4 Å². The molecule has 0 aliphatic rings. The van der Waals surface area contributed by atoms with E-state index in [0.29, 0.717) is 15.6 Å². The molecule has 0 spiro atoms. The molecule has 3 aromatic heterocycles. The van der Waals surface area contributed by atoms with Crippen LogP contribution in [0.5, 0.6) is 0 Å². The van der Waals surface area contributed by atoms with Gasteiger partial charge in [0.1, 0.15) is 5.82 Å². The number of fused-ring (bicyclic) bond motifs is 1. The van der Waals surface area contributed by atoms with Crippen molar-refractivity contribution in [1.82, 2.24) is 24.8 Å². The van der Waals surface area contributed by atoms with Crippen LogP contribution in [0.1, 0.15) is 0 Å². The molecule has 0 bridgehead atoms. The lowest BCUT2D eigenvalue weighted by molar-refractivity contribution is 0.621. The quantitative estimate of drug-likeness (QED) is 0.361. The maximum atomic E-state index is 13.2. The molecular formula is C23H12Cl2FN5O. The summed E-state index contributed by atoms with van der Waals surface area (Å²) in [6.07, 6.45) is 2.60. The van der Waals surface area contributed by atoms with E-state index in [4.69, 9.17) is 23.2 Å². The number of nitrogens with zero attached hydrogens (tertiary/aromatic N) is 5. The third kappa shape index (κ3) is 3.62. The summed E-state index contributed by atoms with van der Waals surface area (Å²) in [6.45, 7) is 0. The zero-order chi connectivity index (χ0) is 22.2. The molecule has 156 valence electrons. The summed E-state index contributed by atoms with van der Waals surface area (Å²) < 4.78 is 14.4. The SMILES string of the molecule is O=c1c(-c2ccc(F)cn2)nnc2c(-c3ccc(Cl)cc3)c(-c3ccc(Cl)cc3)cnn12. The fourth-order valence-electron chi connectivity index (χ4n) is 3.37. The standard InChI is InChI=1S/C23H12Cl2FN5O/c24-15-5-1-13(2-6-15)18-12-28-31-22(20(18)14-3-7-16(25)8-4-14)30-29-21(23(31)32)19-10-9-17(26)11-27-19/h1-12H. The van der Waals surface area contributed by atoms with Crippen molar-refractivity contribution in [1.29, 1.82) is 0 Å². The molecule has 0 amide bonds. The molecule has 0 aliphatic carbocycles. The monoisotopic (exact) mass is 463 g/mol. The molecular weight excluding hydrogens is 452 g/mol. The van der Waals surface area contributed by atoms with Gasteiger partial charge in [0.2, 0.25) is 0 Å². The van der Waals surface area contributed by atoms with Gasteiger partial charge in [-0.2, -0.15) is 9.61 Å². The number of halogens is 3. The van der Waals surface area contributed by atoms with E-state index in [9.17, 15) is 9.18 Å². The van der Waals surface area contributed by atoms with Crippen LogP contribution in [-0.4, -0.2) is 24.8 Å². The molecule has 0 radical (unpaired) electrons. The van der Waals surface area contributed by atoms with Crippen LogP contribution in [0.15, 0.2) is 77.9 Å². The van der Waals surface area contributed by atoms with Gasteiger partial charge in [-0.15, -0.1) is 10.2 Å². The van der Waals surface area contributed by atoms with Gasteiger partial charge in [0.05, 0.1) is 18.1 Å². The number of benzene rings is 2. The van der Waals surface area contributed by atoms with Gasteiger partial charge in [-0.05, 0) is 47.5 Å². The van der Waals surface area contributed by atoms with E-state index in [2.05, 4.69) is 20.3 Å². The molecule has 0 N–H and O–H groups in total. The van der Waals surface area contributed by atoms with Crippen molar-refractivity contribution in [2.45, 2.75) is 0 Å². The van der Waals surface area contributed by atoms with E-state index in [1.165, 1.54) is 12.1 Å². The molecule has 9 heteroatoms. The maximum Gasteiger partial charge on any atom is 0.302 e. The number of pyridine rings is 1. The second kappa shape index (κ2) is 8.11. The minimum atomic E-state index is -0.521. The molecule has 0 unspecified atom stereocenters. The van der Waals surface area contributed by atoms with Crippen LogP contribution < -0.4 is 5.56 Å². The Hall–Kier alpha value is -3.68. The highest BCUT2D eigenvalue weighted by atomic mass is 35.5. The van der Waals surface area contributed by atoms with Crippen LogP contribution >= 0.6 is 23.2 Å². The van der Waals surface area contributed by atoms with Gasteiger partial charge in [0.25, 0.3) is 0 Å². The van der Waals surface area contributed by atoms with Crippen LogP contribution in [-0.2, 0) is 0 Å². The Balaban J connectivity index is 1.80. The molecule has 0 atom stereocenters. The normalized spacial score (nSPS) is 11.1. The molecule has 5 rings (SSSR count). The van der Waals surface area contributed by atoms with E-state index < -0.39 is 11.4 Å². The number of rotatable bonds is 3. The largest absolute Gasteiger partial charge is 0.302 e. The van der Waals surface area contributed by atoms with Crippen LogP contribution in [0, 0.1) is 5.82 Å². The second-order valence-corrected chi connectivity index (χ2v) is 7.77. The Bertz CT molecular complexity index is 1500. The molecule has 0 saturated heterocycles. The third-order valence-electron chi connectivity index (χ3n) is 4.89. The Morgan fingerprint density at radius 3 is 2.06 bits per heavy atom. The van der Waals surface area contributed by atoms with Crippen LogP contribution in [0.25, 0.3) is 39.3 Å². The van der Waals surface area contributed by atoms with Crippen molar-refractivity contribution < 1.29 is 4.39 Å². The molecule has 0 fully saturated rings. The summed E-state index contributed by atoms with van der Waals surface area (Å²) in [7, 11) is 0. The predicted octanol–water partition coefficient (Wildman–Crippen LogP) is 5.33. The first-order valence-corrected chi connectivity index (χ1v) is 10.2. The summed E-state index contributed by atoms with van der Waals surface area (Å²) in [5, 5.41) is 13.9. The summed E-state index contributed by atoms with van der Waals surface area (Å²) in [4.78, 5) is 17.1. The Kier molecular flexibility index (Phi) is 5.13. The number of hydrogen-bond acceptors (Lipinski definition) is 5. The lowest BCUT2D eigenvalue weighted by atomic mass is 9.97. The zero-order valence-corrected chi connectivity index (χ0v) is 17.7. The first kappa shape index (κ1) is 20.2.